The van der Waals surface area contributed by atoms with Crippen molar-refractivity contribution in [1.82, 2.24) is 15.1 Å². The summed E-state index contributed by atoms with van der Waals surface area (Å²) in [5, 5.41) is 10.6. The lowest BCUT2D eigenvalue weighted by Gasteiger charge is -2.35. The number of nitrogens with zero attached hydrogens (tertiary/aromatic N) is 2. The Morgan fingerprint density at radius 1 is 1.18 bits per heavy atom. The fourth-order valence-corrected chi connectivity index (χ4v) is 6.46. The number of ether oxygens (including phenoxy) is 1. The van der Waals surface area contributed by atoms with Crippen LogP contribution in [0.2, 0.25) is 0 Å². The Labute approximate surface area is 194 Å². The van der Waals surface area contributed by atoms with E-state index < -0.39 is 22.3 Å². The first kappa shape index (κ1) is 21.6. The van der Waals surface area contributed by atoms with E-state index >= 15 is 0 Å². The van der Waals surface area contributed by atoms with Gasteiger partial charge in [-0.3, -0.25) is 18.9 Å². The summed E-state index contributed by atoms with van der Waals surface area (Å²) < 4.78 is 17.8. The van der Waals surface area contributed by atoms with Crippen LogP contribution in [0.5, 0.6) is 5.75 Å². The average molecular weight is 467 g/mol. The number of anilines is 1. The minimum atomic E-state index is -1.28. The highest BCUT2D eigenvalue weighted by molar-refractivity contribution is 7.85. The third-order valence-electron chi connectivity index (χ3n) is 6.82. The van der Waals surface area contributed by atoms with E-state index in [-0.39, 0.29) is 23.4 Å². The van der Waals surface area contributed by atoms with Gasteiger partial charge in [0.05, 0.1) is 41.6 Å². The summed E-state index contributed by atoms with van der Waals surface area (Å²) in [6.07, 6.45) is 4.95. The predicted octanol–water partition coefficient (Wildman–Crippen LogP) is 2.94. The van der Waals surface area contributed by atoms with E-state index in [9.17, 15) is 13.8 Å². The third-order valence-corrected chi connectivity index (χ3v) is 8.07. The molecule has 5 rings (SSSR count). The Balaban J connectivity index is 1.43. The molecule has 172 valence electrons. The molecule has 1 aliphatic carbocycles. The topological polar surface area (TPSA) is 104 Å². The summed E-state index contributed by atoms with van der Waals surface area (Å²) in [5.74, 6) is 0.498. The highest BCUT2D eigenvalue weighted by Gasteiger charge is 2.49. The summed E-state index contributed by atoms with van der Waals surface area (Å²) in [7, 11) is 0.334. The fourth-order valence-electron chi connectivity index (χ4n) is 5.06. The molecule has 2 aromatic carbocycles. The molecule has 1 aliphatic heterocycles. The molecule has 2 atom stereocenters. The Kier molecular flexibility index (Phi) is 5.65. The minimum absolute atomic E-state index is 0.0741. The number of fused-ring (bicyclic) bond motifs is 1. The smallest absolute Gasteiger partial charge is 0.248 e. The van der Waals surface area contributed by atoms with Gasteiger partial charge in [0.2, 0.25) is 11.8 Å². The summed E-state index contributed by atoms with van der Waals surface area (Å²) in [6.45, 7) is 0. The Bertz CT molecular complexity index is 1220. The maximum absolute atomic E-state index is 14.0. The molecule has 3 aromatic rings. The molecule has 2 fully saturated rings. The van der Waals surface area contributed by atoms with Gasteiger partial charge < -0.3 is 15.0 Å². The minimum Gasteiger partial charge on any atom is -0.497 e. The van der Waals surface area contributed by atoms with Crippen molar-refractivity contribution in [3.63, 3.8) is 0 Å². The van der Waals surface area contributed by atoms with Crippen LogP contribution in [0.15, 0.2) is 48.7 Å². The molecule has 9 heteroatoms. The number of aromatic amines is 1. The second-order valence-electron chi connectivity index (χ2n) is 8.67. The van der Waals surface area contributed by atoms with Gasteiger partial charge in [0.15, 0.2) is 0 Å². The SMILES string of the molecule is COc1ccc(C2(C(=O)N3CS(=O)CC3C(=O)Nc3cccc4[nH]ncc34)CCCC2)cc1. The van der Waals surface area contributed by atoms with E-state index in [0.29, 0.717) is 18.5 Å². The molecular formula is C24H26N4O4S. The quantitative estimate of drug-likeness (QED) is 0.602. The van der Waals surface area contributed by atoms with E-state index in [4.69, 9.17) is 4.74 Å². The number of hydrogen-bond donors (Lipinski definition) is 2. The molecule has 2 N–H and O–H groups in total. The Morgan fingerprint density at radius 3 is 2.67 bits per heavy atom. The van der Waals surface area contributed by atoms with Gasteiger partial charge in [-0.1, -0.05) is 31.0 Å². The van der Waals surface area contributed by atoms with E-state index in [1.165, 1.54) is 4.90 Å². The number of hydrogen-bond acceptors (Lipinski definition) is 5. The van der Waals surface area contributed by atoms with Crippen LogP contribution in [0.25, 0.3) is 10.9 Å². The molecule has 0 bridgehead atoms. The number of nitrogens with one attached hydrogen (secondary N) is 2. The molecule has 33 heavy (non-hydrogen) atoms. The second-order valence-corrected chi connectivity index (χ2v) is 10.1. The highest BCUT2D eigenvalue weighted by atomic mass is 32.2. The van der Waals surface area contributed by atoms with Crippen LogP contribution in [0.1, 0.15) is 31.2 Å². The van der Waals surface area contributed by atoms with E-state index in [2.05, 4.69) is 15.5 Å². The molecule has 8 nitrogen and oxygen atoms in total. The van der Waals surface area contributed by atoms with Crippen molar-refractivity contribution < 1.29 is 18.5 Å². The van der Waals surface area contributed by atoms with Crippen molar-refractivity contribution in [3.05, 3.63) is 54.2 Å². The number of carbonyl (C=O) groups excluding carboxylic acids is 2. The fraction of sp³-hybridized carbons (Fsp3) is 0.375. The van der Waals surface area contributed by atoms with Gasteiger partial charge in [0.1, 0.15) is 11.8 Å². The first-order chi connectivity index (χ1) is 16.0. The lowest BCUT2D eigenvalue weighted by Crippen LogP contribution is -2.51. The Hall–Kier alpha value is -3.20. The van der Waals surface area contributed by atoms with Gasteiger partial charge >= 0.3 is 0 Å². The molecule has 1 saturated heterocycles. The first-order valence-electron chi connectivity index (χ1n) is 11.1. The van der Waals surface area contributed by atoms with Crippen LogP contribution in [0.4, 0.5) is 5.69 Å². The van der Waals surface area contributed by atoms with E-state index in [1.54, 1.807) is 19.4 Å². The van der Waals surface area contributed by atoms with E-state index in [0.717, 1.165) is 35.1 Å². The van der Waals surface area contributed by atoms with Crippen molar-refractivity contribution in [3.8, 4) is 5.75 Å². The van der Waals surface area contributed by atoms with Crippen molar-refractivity contribution in [2.45, 2.75) is 37.1 Å². The molecule has 2 unspecified atom stereocenters. The number of methoxy groups -OCH3 is 1. The molecule has 2 aliphatic rings. The average Bonchev–Trinajstić information content (AvgIpc) is 3.59. The van der Waals surface area contributed by atoms with Gasteiger partial charge in [0.25, 0.3) is 0 Å². The number of carbonyl (C=O) groups is 2. The predicted molar refractivity (Wildman–Crippen MR) is 126 cm³/mol. The first-order valence-corrected chi connectivity index (χ1v) is 12.5. The van der Waals surface area contributed by atoms with Crippen LogP contribution >= 0.6 is 0 Å². The zero-order valence-electron chi connectivity index (χ0n) is 18.4. The number of rotatable bonds is 5. The second kappa shape index (κ2) is 8.62. The molecule has 1 saturated carbocycles. The summed E-state index contributed by atoms with van der Waals surface area (Å²) >= 11 is 0. The molecule has 1 aromatic heterocycles. The van der Waals surface area contributed by atoms with Crippen LogP contribution < -0.4 is 10.1 Å². The van der Waals surface area contributed by atoms with Crippen LogP contribution in [-0.2, 0) is 25.8 Å². The van der Waals surface area contributed by atoms with Gasteiger partial charge in [-0.2, -0.15) is 5.10 Å². The molecule has 2 amide bonds. The van der Waals surface area contributed by atoms with Gasteiger partial charge in [-0.25, -0.2) is 0 Å². The lowest BCUT2D eigenvalue weighted by molar-refractivity contribution is -0.141. The van der Waals surface area contributed by atoms with Crippen LogP contribution in [0, 0.1) is 0 Å². The monoisotopic (exact) mass is 466 g/mol. The van der Waals surface area contributed by atoms with Crippen LogP contribution in [0.3, 0.4) is 0 Å². The molecule has 0 radical (unpaired) electrons. The lowest BCUT2D eigenvalue weighted by atomic mass is 9.77. The zero-order chi connectivity index (χ0) is 23.0. The number of benzene rings is 2. The molecular weight excluding hydrogens is 440 g/mol. The summed E-state index contributed by atoms with van der Waals surface area (Å²) in [5.41, 5.74) is 1.64. The number of aromatic nitrogens is 2. The van der Waals surface area contributed by atoms with Crippen molar-refractivity contribution >= 4 is 39.2 Å². The van der Waals surface area contributed by atoms with Crippen molar-refractivity contribution in [2.24, 2.45) is 0 Å². The summed E-state index contributed by atoms with van der Waals surface area (Å²) in [4.78, 5) is 28.8. The Morgan fingerprint density at radius 2 is 1.94 bits per heavy atom. The number of amides is 2. The molecule has 2 heterocycles. The summed E-state index contributed by atoms with van der Waals surface area (Å²) in [6, 6.07) is 12.3. The standard InChI is InChI=1S/C24H26N4O4S/c1-32-17-9-7-16(8-10-17)24(11-2-3-12-24)23(30)28-15-33(31)14-21(28)22(29)26-19-5-4-6-20-18(19)13-25-27-20/h4-10,13,21H,2-3,11-12,14-15H2,1H3,(H,25,27)(H,26,29). The van der Waals surface area contributed by atoms with Crippen LogP contribution in [-0.4, -0.2) is 55.9 Å². The van der Waals surface area contributed by atoms with Gasteiger partial charge in [-0.15, -0.1) is 0 Å². The maximum Gasteiger partial charge on any atom is 0.248 e. The normalized spacial score (nSPS) is 21.9. The zero-order valence-corrected chi connectivity index (χ0v) is 19.2. The largest absolute Gasteiger partial charge is 0.497 e. The number of H-pyrrole nitrogens is 1. The third kappa shape index (κ3) is 3.80. The van der Waals surface area contributed by atoms with Crippen molar-refractivity contribution in [1.29, 1.82) is 0 Å². The maximum atomic E-state index is 14.0. The van der Waals surface area contributed by atoms with Crippen molar-refractivity contribution in [2.75, 3.05) is 24.1 Å². The van der Waals surface area contributed by atoms with Gasteiger partial charge in [0, 0.05) is 16.2 Å². The molecule has 0 spiro atoms. The van der Waals surface area contributed by atoms with E-state index in [1.807, 2.05) is 36.4 Å². The highest BCUT2D eigenvalue weighted by Crippen LogP contribution is 2.44. The van der Waals surface area contributed by atoms with Gasteiger partial charge in [-0.05, 0) is 42.7 Å².